The fourth-order valence-electron chi connectivity index (χ4n) is 0. The summed E-state index contributed by atoms with van der Waals surface area (Å²) >= 11 is 1.70. The van der Waals surface area contributed by atoms with Crippen LogP contribution in [-0.4, -0.2) is 37.7 Å². The third-order valence-electron chi connectivity index (χ3n) is 0. The van der Waals surface area contributed by atoms with Gasteiger partial charge in [-0.3, -0.25) is 0 Å². The third-order valence-corrected chi connectivity index (χ3v) is 0. The molecule has 0 rings (SSSR count). The van der Waals surface area contributed by atoms with Crippen LogP contribution in [0.2, 0.25) is 0 Å². The van der Waals surface area contributed by atoms with Crippen LogP contribution in [0.5, 0.6) is 0 Å². The predicted octanol–water partition coefficient (Wildman–Crippen LogP) is -0.621. The van der Waals surface area contributed by atoms with Gasteiger partial charge in [0.1, 0.15) is 0 Å². The minimum absolute atomic E-state index is 0. The summed E-state index contributed by atoms with van der Waals surface area (Å²) in [6.45, 7) is 0. The van der Waals surface area contributed by atoms with Gasteiger partial charge in [0.15, 0.2) is 0 Å². The van der Waals surface area contributed by atoms with Crippen LogP contribution in [0, 0.1) is 0 Å². The van der Waals surface area contributed by atoms with Crippen LogP contribution in [-0.2, 0) is 29.8 Å². The zero-order valence-electron chi connectivity index (χ0n) is 1.83. The van der Waals surface area contributed by atoms with Gasteiger partial charge in [0.05, 0.1) is 0 Å². The van der Waals surface area contributed by atoms with Gasteiger partial charge in [-0.25, -0.2) is 0 Å². The van der Waals surface area contributed by atoms with Gasteiger partial charge in [-0.05, 0) is 0 Å². The average Bonchev–Trinajstić information content (AvgIpc) is 1.00. The Morgan fingerprint density at radius 2 is 1.25 bits per heavy atom. The first kappa shape index (κ1) is 17.1. The minimum atomic E-state index is 0. The monoisotopic (exact) mass is 179 g/mol. The Labute approximate surface area is 66.5 Å². The number of hydrogen-bond donors (Lipinski definition) is 0. The summed E-state index contributed by atoms with van der Waals surface area (Å²) < 4.78 is 8.06. The molecule has 0 saturated carbocycles. The molecule has 0 N–H and O–H groups in total. The molecule has 0 fully saturated rings. The van der Waals surface area contributed by atoms with Gasteiger partial charge in [0.25, 0.3) is 0 Å². The van der Waals surface area contributed by atoms with Crippen LogP contribution >= 0.6 is 0 Å². The molecule has 0 radical (unpaired) electrons. The predicted molar refractivity (Wildman–Crippen MR) is 7.13 cm³/mol. The van der Waals surface area contributed by atoms with Crippen molar-refractivity contribution < 1.29 is 29.8 Å². The molecule has 0 aliphatic heterocycles. The van der Waals surface area contributed by atoms with E-state index in [0.717, 1.165) is 0 Å². The quantitative estimate of drug-likeness (QED) is 0.458. The van der Waals surface area contributed by atoms with Crippen molar-refractivity contribution in [3.63, 3.8) is 0 Å². The van der Waals surface area contributed by atoms with Crippen LogP contribution in [0.3, 0.4) is 0 Å². The molecule has 0 saturated heterocycles. The average molecular weight is 180 g/mol. The Morgan fingerprint density at radius 1 is 1.25 bits per heavy atom. The van der Waals surface area contributed by atoms with E-state index in [0.29, 0.717) is 0 Å². The summed E-state index contributed by atoms with van der Waals surface area (Å²) in [5, 5.41) is 0. The van der Waals surface area contributed by atoms with Gasteiger partial charge in [0.2, 0.25) is 0 Å². The molecular weight excluding hydrogens is 180 g/mol. The Bertz CT molecular complexity index is 6.00. The topological polar surface area (TPSA) is 45.6 Å². The first-order chi connectivity index (χ1) is 1.00. The molecule has 0 unspecified atom stereocenters. The van der Waals surface area contributed by atoms with Crippen molar-refractivity contribution in [2.24, 2.45) is 0 Å². The van der Waals surface area contributed by atoms with Gasteiger partial charge in [-0.1, -0.05) is 0 Å². The second kappa shape index (κ2) is 21.7. The Morgan fingerprint density at radius 3 is 1.25 bits per heavy atom. The van der Waals surface area contributed by atoms with Gasteiger partial charge in [0, 0.05) is 0 Å². The van der Waals surface area contributed by atoms with E-state index in [4.69, 9.17) is 3.25 Å². The molecule has 0 aromatic carbocycles. The van der Waals surface area contributed by atoms with Crippen molar-refractivity contribution in [3.8, 4) is 0 Å². The first-order valence-corrected chi connectivity index (χ1v) is 0.728. The van der Waals surface area contributed by atoms with Gasteiger partial charge >= 0.3 is 62.0 Å². The van der Waals surface area contributed by atoms with Crippen LogP contribution in [0.1, 0.15) is 0 Å². The van der Waals surface area contributed by atoms with Crippen LogP contribution < -0.4 is 0 Å². The van der Waals surface area contributed by atoms with Gasteiger partial charge < -0.3 is 5.48 Å². The molecule has 0 heterocycles. The van der Waals surface area contributed by atoms with Crippen molar-refractivity contribution >= 4 is 37.7 Å². The fourth-order valence-corrected chi connectivity index (χ4v) is 0. The Balaban J connectivity index is -0.00000000500. The first-order valence-electron chi connectivity index (χ1n) is 0.123. The summed E-state index contributed by atoms with van der Waals surface area (Å²) in [5.74, 6) is 0. The van der Waals surface area contributed by atoms with Crippen molar-refractivity contribution in [3.05, 3.63) is 0 Å². The molecule has 0 bridgehead atoms. The SMILES string of the molecule is [Ca+2].[O-2].[O]=[Ag]. The molecule has 0 aliphatic carbocycles. The second-order valence-corrected chi connectivity index (χ2v) is 0. The van der Waals surface area contributed by atoms with Gasteiger partial charge in [-0.2, -0.15) is 0 Å². The summed E-state index contributed by atoms with van der Waals surface area (Å²) in [6.07, 6.45) is 0. The zero-order valence-corrected chi connectivity index (χ0v) is 5.52. The fraction of sp³-hybridized carbons (Fsp3) is 0. The van der Waals surface area contributed by atoms with E-state index in [1.54, 1.807) is 21.0 Å². The number of hydrogen-bond acceptors (Lipinski definition) is 1. The summed E-state index contributed by atoms with van der Waals surface area (Å²) in [5.41, 5.74) is 0. The van der Waals surface area contributed by atoms with E-state index >= 15 is 0 Å². The summed E-state index contributed by atoms with van der Waals surface area (Å²) in [4.78, 5) is 0. The molecule has 4 heavy (non-hydrogen) atoms. The maximum absolute atomic E-state index is 8.06. The van der Waals surface area contributed by atoms with Crippen molar-refractivity contribution in [1.29, 1.82) is 0 Å². The molecule has 0 atom stereocenters. The molecule has 0 aromatic heterocycles. The molecule has 4 heteroatoms. The molecule has 0 spiro atoms. The van der Waals surface area contributed by atoms with E-state index in [1.165, 1.54) is 0 Å². The molecule has 25 valence electrons. The maximum atomic E-state index is 8.06. The Hall–Kier alpha value is 1.76. The van der Waals surface area contributed by atoms with Crippen LogP contribution in [0.15, 0.2) is 0 Å². The van der Waals surface area contributed by atoms with Crippen molar-refractivity contribution in [1.82, 2.24) is 0 Å². The standard InChI is InChI=1S/Ag.Ca.2O/q;+2;;-2. The molecule has 2 nitrogen and oxygen atoms in total. The number of rotatable bonds is 0. The molecule has 0 amide bonds. The Kier molecular flexibility index (Phi) is 93.0. The van der Waals surface area contributed by atoms with E-state index in [2.05, 4.69) is 0 Å². The normalized spacial score (nSPS) is 1.50. The van der Waals surface area contributed by atoms with E-state index in [9.17, 15) is 0 Å². The van der Waals surface area contributed by atoms with Crippen molar-refractivity contribution in [2.75, 3.05) is 0 Å². The van der Waals surface area contributed by atoms with E-state index in [-0.39, 0.29) is 43.2 Å². The molecular formula is AgCaO2. The van der Waals surface area contributed by atoms with E-state index < -0.39 is 0 Å². The van der Waals surface area contributed by atoms with E-state index in [1.807, 2.05) is 0 Å². The van der Waals surface area contributed by atoms with Crippen LogP contribution in [0.25, 0.3) is 0 Å². The third kappa shape index (κ3) is 9.25. The zero-order chi connectivity index (χ0) is 2.00. The summed E-state index contributed by atoms with van der Waals surface area (Å²) in [7, 11) is 0. The molecule has 0 aliphatic rings. The summed E-state index contributed by atoms with van der Waals surface area (Å²) in [6, 6.07) is 0. The van der Waals surface area contributed by atoms with Gasteiger partial charge in [-0.15, -0.1) is 0 Å². The van der Waals surface area contributed by atoms with Crippen molar-refractivity contribution in [2.45, 2.75) is 0 Å². The second-order valence-electron chi connectivity index (χ2n) is 0. The van der Waals surface area contributed by atoms with Crippen LogP contribution in [0.4, 0.5) is 0 Å². The molecule has 0 aromatic rings.